The fourth-order valence-corrected chi connectivity index (χ4v) is 2.88. The van der Waals surface area contributed by atoms with Crippen molar-refractivity contribution < 1.29 is 9.21 Å². The first-order valence-corrected chi connectivity index (χ1v) is 8.75. The van der Waals surface area contributed by atoms with Crippen LogP contribution < -0.4 is 5.32 Å². The molecule has 5 heteroatoms. The second-order valence-electron chi connectivity index (χ2n) is 5.91. The molecule has 2 aromatic carbocycles. The number of benzene rings is 2. The van der Waals surface area contributed by atoms with E-state index in [0.29, 0.717) is 16.5 Å². The van der Waals surface area contributed by atoms with Crippen molar-refractivity contribution in [2.75, 3.05) is 5.32 Å². The van der Waals surface area contributed by atoms with Crippen LogP contribution in [0, 0.1) is 0 Å². The predicted octanol–water partition coefficient (Wildman–Crippen LogP) is 5.80. The topological polar surface area (TPSA) is 55.1 Å². The number of pyridine rings is 1. The van der Waals surface area contributed by atoms with E-state index in [4.69, 9.17) is 16.0 Å². The Balaban J connectivity index is 1.48. The normalized spacial score (nSPS) is 11.1. The SMILES string of the molecule is O=C(C=Cc1ccc(-c2ccc(Cl)cc2)o1)Nc1cccc2ncccc12. The molecule has 0 aliphatic carbocycles. The molecule has 0 spiro atoms. The summed E-state index contributed by atoms with van der Waals surface area (Å²) in [6.45, 7) is 0. The molecule has 2 aromatic heterocycles. The maximum Gasteiger partial charge on any atom is 0.248 e. The highest BCUT2D eigenvalue weighted by molar-refractivity contribution is 6.30. The van der Waals surface area contributed by atoms with Gasteiger partial charge in [0.05, 0.1) is 11.2 Å². The molecular weight excluding hydrogens is 360 g/mol. The summed E-state index contributed by atoms with van der Waals surface area (Å²) < 4.78 is 5.76. The number of anilines is 1. The number of rotatable bonds is 4. The van der Waals surface area contributed by atoms with Gasteiger partial charge in [-0.2, -0.15) is 0 Å². The summed E-state index contributed by atoms with van der Waals surface area (Å²) in [4.78, 5) is 16.6. The summed E-state index contributed by atoms with van der Waals surface area (Å²) >= 11 is 5.90. The fourth-order valence-electron chi connectivity index (χ4n) is 2.76. The van der Waals surface area contributed by atoms with Crippen LogP contribution >= 0.6 is 11.6 Å². The number of furan rings is 1. The van der Waals surface area contributed by atoms with E-state index in [0.717, 1.165) is 22.2 Å². The summed E-state index contributed by atoms with van der Waals surface area (Å²) in [5.74, 6) is 1.07. The Bertz CT molecular complexity index is 1130. The molecule has 0 saturated heterocycles. The first-order chi connectivity index (χ1) is 13.2. The molecule has 132 valence electrons. The number of carbonyl (C=O) groups excluding carboxylic acids is 1. The highest BCUT2D eigenvalue weighted by Gasteiger charge is 2.05. The molecule has 1 amide bonds. The van der Waals surface area contributed by atoms with E-state index in [1.807, 2.05) is 54.6 Å². The second kappa shape index (κ2) is 7.48. The van der Waals surface area contributed by atoms with Crippen molar-refractivity contribution in [3.63, 3.8) is 0 Å². The molecule has 0 aliphatic rings. The molecule has 0 atom stereocenters. The van der Waals surface area contributed by atoms with Gasteiger partial charge < -0.3 is 9.73 Å². The Morgan fingerprint density at radius 2 is 1.85 bits per heavy atom. The minimum Gasteiger partial charge on any atom is -0.457 e. The molecule has 0 aliphatic heterocycles. The minimum absolute atomic E-state index is 0.240. The quantitative estimate of drug-likeness (QED) is 0.459. The van der Waals surface area contributed by atoms with Gasteiger partial charge in [-0.3, -0.25) is 9.78 Å². The van der Waals surface area contributed by atoms with Crippen molar-refractivity contribution in [2.45, 2.75) is 0 Å². The van der Waals surface area contributed by atoms with Gasteiger partial charge in [0.25, 0.3) is 0 Å². The predicted molar refractivity (Wildman–Crippen MR) is 109 cm³/mol. The van der Waals surface area contributed by atoms with Crippen LogP contribution in [0.1, 0.15) is 5.76 Å². The Kier molecular flexibility index (Phi) is 4.73. The lowest BCUT2D eigenvalue weighted by Crippen LogP contribution is -2.08. The number of hydrogen-bond acceptors (Lipinski definition) is 3. The van der Waals surface area contributed by atoms with Crippen LogP contribution in [-0.2, 0) is 4.79 Å². The molecule has 4 nitrogen and oxygen atoms in total. The van der Waals surface area contributed by atoms with Crippen LogP contribution in [0.15, 0.2) is 83.4 Å². The van der Waals surface area contributed by atoms with Crippen LogP contribution in [0.2, 0.25) is 5.02 Å². The van der Waals surface area contributed by atoms with E-state index in [1.165, 1.54) is 6.08 Å². The number of hydrogen-bond donors (Lipinski definition) is 1. The average molecular weight is 375 g/mol. The number of nitrogens with zero attached hydrogens (tertiary/aromatic N) is 1. The van der Waals surface area contributed by atoms with E-state index in [9.17, 15) is 4.79 Å². The smallest absolute Gasteiger partial charge is 0.248 e. The molecule has 0 unspecified atom stereocenters. The van der Waals surface area contributed by atoms with E-state index in [-0.39, 0.29) is 5.91 Å². The summed E-state index contributed by atoms with van der Waals surface area (Å²) in [5, 5.41) is 4.44. The van der Waals surface area contributed by atoms with Crippen molar-refractivity contribution in [2.24, 2.45) is 0 Å². The first kappa shape index (κ1) is 17.1. The van der Waals surface area contributed by atoms with Gasteiger partial charge in [-0.05, 0) is 66.7 Å². The molecular formula is C22H15ClN2O2. The van der Waals surface area contributed by atoms with E-state index >= 15 is 0 Å². The molecule has 4 aromatic rings. The van der Waals surface area contributed by atoms with Crippen LogP contribution in [0.4, 0.5) is 5.69 Å². The lowest BCUT2D eigenvalue weighted by atomic mass is 10.2. The third-order valence-corrected chi connectivity index (χ3v) is 4.31. The first-order valence-electron chi connectivity index (χ1n) is 8.38. The number of nitrogens with one attached hydrogen (secondary N) is 1. The largest absolute Gasteiger partial charge is 0.457 e. The Labute approximate surface area is 161 Å². The summed E-state index contributed by atoms with van der Waals surface area (Å²) in [6, 6.07) is 20.4. The maximum absolute atomic E-state index is 12.3. The van der Waals surface area contributed by atoms with Crippen LogP contribution in [0.25, 0.3) is 28.3 Å². The van der Waals surface area contributed by atoms with Crippen molar-refractivity contribution in [3.05, 3.63) is 89.8 Å². The molecule has 0 fully saturated rings. The number of fused-ring (bicyclic) bond motifs is 1. The van der Waals surface area contributed by atoms with Crippen LogP contribution in [-0.4, -0.2) is 10.9 Å². The Morgan fingerprint density at radius 1 is 1.00 bits per heavy atom. The zero-order valence-corrected chi connectivity index (χ0v) is 15.0. The van der Waals surface area contributed by atoms with Gasteiger partial charge in [0.2, 0.25) is 5.91 Å². The molecule has 2 heterocycles. The molecule has 0 bridgehead atoms. The average Bonchev–Trinajstić information content (AvgIpc) is 3.16. The molecule has 4 rings (SSSR count). The third-order valence-electron chi connectivity index (χ3n) is 4.06. The van der Waals surface area contributed by atoms with Gasteiger partial charge >= 0.3 is 0 Å². The van der Waals surface area contributed by atoms with Crippen molar-refractivity contribution >= 4 is 40.2 Å². The molecule has 1 N–H and O–H groups in total. The number of aromatic nitrogens is 1. The monoisotopic (exact) mass is 374 g/mol. The lowest BCUT2D eigenvalue weighted by molar-refractivity contribution is -0.111. The summed E-state index contributed by atoms with van der Waals surface area (Å²) in [6.07, 6.45) is 4.81. The summed E-state index contributed by atoms with van der Waals surface area (Å²) in [7, 11) is 0. The molecule has 27 heavy (non-hydrogen) atoms. The van der Waals surface area contributed by atoms with Gasteiger partial charge in [0.1, 0.15) is 11.5 Å². The van der Waals surface area contributed by atoms with E-state index < -0.39 is 0 Å². The minimum atomic E-state index is -0.240. The van der Waals surface area contributed by atoms with Crippen LogP contribution in [0.3, 0.4) is 0 Å². The highest BCUT2D eigenvalue weighted by atomic mass is 35.5. The van der Waals surface area contributed by atoms with Gasteiger partial charge in [0.15, 0.2) is 0 Å². The number of carbonyl (C=O) groups is 1. The third kappa shape index (κ3) is 3.91. The summed E-state index contributed by atoms with van der Waals surface area (Å²) in [5.41, 5.74) is 2.47. The fraction of sp³-hybridized carbons (Fsp3) is 0. The highest BCUT2D eigenvalue weighted by Crippen LogP contribution is 2.25. The van der Waals surface area contributed by atoms with Crippen molar-refractivity contribution in [1.29, 1.82) is 0 Å². The van der Waals surface area contributed by atoms with Gasteiger partial charge in [-0.15, -0.1) is 0 Å². The zero-order valence-electron chi connectivity index (χ0n) is 14.2. The van der Waals surface area contributed by atoms with Gasteiger partial charge in [0, 0.05) is 28.2 Å². The van der Waals surface area contributed by atoms with E-state index in [1.54, 1.807) is 24.4 Å². The molecule has 0 saturated carbocycles. The van der Waals surface area contributed by atoms with Crippen molar-refractivity contribution in [1.82, 2.24) is 4.98 Å². The standard InChI is InChI=1S/C22H15ClN2O2/c23-16-8-6-15(7-9-16)21-12-10-17(27-21)11-13-22(26)25-20-5-1-4-19-18(20)3-2-14-24-19/h1-14H,(H,25,26). The van der Waals surface area contributed by atoms with E-state index in [2.05, 4.69) is 10.3 Å². The maximum atomic E-state index is 12.3. The lowest BCUT2D eigenvalue weighted by Gasteiger charge is -2.05. The van der Waals surface area contributed by atoms with Gasteiger partial charge in [-0.1, -0.05) is 17.7 Å². The number of amides is 1. The Hall–Kier alpha value is -3.37. The second-order valence-corrected chi connectivity index (χ2v) is 6.34. The zero-order chi connectivity index (χ0) is 18.6. The van der Waals surface area contributed by atoms with Crippen LogP contribution in [0.5, 0.6) is 0 Å². The molecule has 0 radical (unpaired) electrons. The van der Waals surface area contributed by atoms with Crippen molar-refractivity contribution in [3.8, 4) is 11.3 Å². The number of halogens is 1. The Morgan fingerprint density at radius 3 is 2.70 bits per heavy atom. The van der Waals surface area contributed by atoms with Gasteiger partial charge in [-0.25, -0.2) is 0 Å².